The van der Waals surface area contributed by atoms with Crippen LogP contribution in [0.25, 0.3) is 38.8 Å². The number of para-hydroxylation sites is 1. The van der Waals surface area contributed by atoms with E-state index in [-0.39, 0.29) is 4.90 Å². The minimum absolute atomic E-state index is 0.257. The topological polar surface area (TPSA) is 56.9 Å². The third kappa shape index (κ3) is 3.36. The van der Waals surface area contributed by atoms with Gasteiger partial charge in [0, 0.05) is 27.3 Å². The fourth-order valence-corrected chi connectivity index (χ4v) is 6.04. The Morgan fingerprint density at radius 2 is 1.56 bits per heavy atom. The lowest BCUT2D eigenvalue weighted by atomic mass is 10.0. The Morgan fingerprint density at radius 1 is 0.765 bits per heavy atom. The first kappa shape index (κ1) is 20.9. The van der Waals surface area contributed by atoms with E-state index in [1.54, 1.807) is 36.8 Å². The van der Waals surface area contributed by atoms with Crippen molar-refractivity contribution in [3.8, 4) is 16.8 Å². The first-order chi connectivity index (χ1) is 16.5. The molecule has 0 aliphatic rings. The molecule has 4 aromatic carbocycles. The highest BCUT2D eigenvalue weighted by molar-refractivity contribution is 9.10. The van der Waals surface area contributed by atoms with Crippen molar-refractivity contribution in [3.05, 3.63) is 114 Å². The van der Waals surface area contributed by atoms with Gasteiger partial charge in [-0.1, -0.05) is 64.5 Å². The normalized spacial score (nSPS) is 11.9. The van der Waals surface area contributed by atoms with Crippen LogP contribution in [0.3, 0.4) is 0 Å². The Balaban J connectivity index is 1.53. The number of aromatic nitrogens is 3. The van der Waals surface area contributed by atoms with Gasteiger partial charge in [-0.3, -0.25) is 4.57 Å². The van der Waals surface area contributed by atoms with E-state index in [9.17, 15) is 8.42 Å². The highest BCUT2D eigenvalue weighted by Crippen LogP contribution is 2.34. The maximum absolute atomic E-state index is 13.5. The Kier molecular flexibility index (Phi) is 4.90. The average Bonchev–Trinajstić information content (AvgIpc) is 3.47. The number of imidazole rings is 1. The quantitative estimate of drug-likeness (QED) is 0.258. The van der Waals surface area contributed by atoms with E-state index in [1.165, 1.54) is 3.97 Å². The van der Waals surface area contributed by atoms with Crippen LogP contribution in [0.4, 0.5) is 0 Å². The fraction of sp³-hybridized carbons (Fsp3) is 0. The van der Waals surface area contributed by atoms with Crippen molar-refractivity contribution in [2.45, 2.75) is 4.90 Å². The van der Waals surface area contributed by atoms with E-state index in [2.05, 4.69) is 27.0 Å². The van der Waals surface area contributed by atoms with Gasteiger partial charge < -0.3 is 0 Å². The molecule has 0 aliphatic heterocycles. The molecule has 0 saturated carbocycles. The monoisotopic (exact) mass is 527 g/mol. The minimum Gasteiger partial charge on any atom is -0.299 e. The molecular weight excluding hydrogens is 510 g/mol. The van der Waals surface area contributed by atoms with Crippen molar-refractivity contribution in [2.75, 3.05) is 0 Å². The highest BCUT2D eigenvalue weighted by atomic mass is 79.9. The van der Waals surface area contributed by atoms with Crippen molar-refractivity contribution < 1.29 is 8.42 Å². The molecule has 0 aliphatic carbocycles. The van der Waals surface area contributed by atoms with Crippen LogP contribution >= 0.6 is 15.9 Å². The van der Waals surface area contributed by atoms with Gasteiger partial charge in [0.25, 0.3) is 10.0 Å². The van der Waals surface area contributed by atoms with Crippen molar-refractivity contribution in [1.82, 2.24) is 13.5 Å². The predicted molar refractivity (Wildman–Crippen MR) is 139 cm³/mol. The van der Waals surface area contributed by atoms with Crippen molar-refractivity contribution in [1.29, 1.82) is 0 Å². The van der Waals surface area contributed by atoms with Crippen LogP contribution in [0.5, 0.6) is 0 Å². The lowest BCUT2D eigenvalue weighted by Crippen LogP contribution is -2.11. The summed E-state index contributed by atoms with van der Waals surface area (Å²) < 4.78 is 31.3. The standard InChI is InChI=1S/C27H18BrN3O2S/c28-20-13-14-27-25(16-20)29-18-30(27)21-8-6-7-19(15-21)24-17-31(26-12-5-4-11-23(24)26)34(32,33)22-9-2-1-3-10-22/h1-18H. The van der Waals surface area contributed by atoms with Crippen LogP contribution in [-0.4, -0.2) is 21.9 Å². The molecule has 0 saturated heterocycles. The van der Waals surface area contributed by atoms with Gasteiger partial charge in [-0.25, -0.2) is 17.4 Å². The average molecular weight is 528 g/mol. The molecule has 166 valence electrons. The van der Waals surface area contributed by atoms with E-state index >= 15 is 0 Å². The fourth-order valence-electron chi connectivity index (χ4n) is 4.30. The van der Waals surface area contributed by atoms with E-state index in [0.29, 0.717) is 5.52 Å². The maximum atomic E-state index is 13.5. The molecule has 0 atom stereocenters. The first-order valence-electron chi connectivity index (χ1n) is 10.7. The van der Waals surface area contributed by atoms with Crippen LogP contribution in [0.2, 0.25) is 0 Å². The van der Waals surface area contributed by atoms with E-state index in [1.807, 2.05) is 71.3 Å². The van der Waals surface area contributed by atoms with E-state index < -0.39 is 10.0 Å². The maximum Gasteiger partial charge on any atom is 0.268 e. The Labute approximate surface area is 205 Å². The predicted octanol–water partition coefficient (Wildman–Crippen LogP) is 6.65. The van der Waals surface area contributed by atoms with E-state index in [0.717, 1.165) is 37.7 Å². The molecule has 0 N–H and O–H groups in total. The van der Waals surface area contributed by atoms with Crippen molar-refractivity contribution in [2.24, 2.45) is 0 Å². The molecule has 6 rings (SSSR count). The number of rotatable bonds is 4. The summed E-state index contributed by atoms with van der Waals surface area (Å²) in [7, 11) is -3.74. The summed E-state index contributed by atoms with van der Waals surface area (Å²) in [5, 5.41) is 0.874. The second-order valence-corrected chi connectivity index (χ2v) is 10.7. The van der Waals surface area contributed by atoms with Gasteiger partial charge in [0.2, 0.25) is 0 Å². The molecule has 0 unspecified atom stereocenters. The molecule has 6 aromatic rings. The van der Waals surface area contributed by atoms with Gasteiger partial charge in [0.05, 0.1) is 21.4 Å². The molecule has 0 amide bonds. The van der Waals surface area contributed by atoms with Crippen LogP contribution in [0, 0.1) is 0 Å². The van der Waals surface area contributed by atoms with Crippen LogP contribution in [0.1, 0.15) is 0 Å². The van der Waals surface area contributed by atoms with Gasteiger partial charge in [-0.15, -0.1) is 0 Å². The van der Waals surface area contributed by atoms with Gasteiger partial charge in [-0.2, -0.15) is 0 Å². The van der Waals surface area contributed by atoms with Gasteiger partial charge in [0.1, 0.15) is 6.33 Å². The second-order valence-electron chi connectivity index (χ2n) is 7.97. The molecule has 34 heavy (non-hydrogen) atoms. The second kappa shape index (κ2) is 7.97. The number of halogens is 1. The number of nitrogens with zero attached hydrogens (tertiary/aromatic N) is 3. The Morgan fingerprint density at radius 3 is 2.41 bits per heavy atom. The smallest absolute Gasteiger partial charge is 0.268 e. The number of benzene rings is 4. The van der Waals surface area contributed by atoms with E-state index in [4.69, 9.17) is 0 Å². The summed E-state index contributed by atoms with van der Waals surface area (Å²) in [5.41, 5.74) is 5.26. The zero-order chi connectivity index (χ0) is 23.3. The molecule has 7 heteroatoms. The third-order valence-electron chi connectivity index (χ3n) is 5.92. The summed E-state index contributed by atoms with van der Waals surface area (Å²) >= 11 is 3.50. The summed E-state index contributed by atoms with van der Waals surface area (Å²) in [6.07, 6.45) is 3.52. The molecule has 2 heterocycles. The molecule has 0 radical (unpaired) electrons. The molecular formula is C27H18BrN3O2S. The summed E-state index contributed by atoms with van der Waals surface area (Å²) in [6.45, 7) is 0. The van der Waals surface area contributed by atoms with Crippen molar-refractivity contribution in [3.63, 3.8) is 0 Å². The van der Waals surface area contributed by atoms with Gasteiger partial charge >= 0.3 is 0 Å². The zero-order valence-electron chi connectivity index (χ0n) is 17.8. The van der Waals surface area contributed by atoms with Gasteiger partial charge in [-0.05, 0) is 54.1 Å². The lowest BCUT2D eigenvalue weighted by molar-refractivity contribution is 0.589. The first-order valence-corrected chi connectivity index (χ1v) is 12.9. The highest BCUT2D eigenvalue weighted by Gasteiger charge is 2.21. The van der Waals surface area contributed by atoms with Crippen LogP contribution in [-0.2, 0) is 10.0 Å². The summed E-state index contributed by atoms with van der Waals surface area (Å²) in [4.78, 5) is 4.78. The largest absolute Gasteiger partial charge is 0.299 e. The molecule has 0 fully saturated rings. The summed E-state index contributed by atoms with van der Waals surface area (Å²) in [5.74, 6) is 0. The number of hydrogen-bond acceptors (Lipinski definition) is 3. The zero-order valence-corrected chi connectivity index (χ0v) is 20.2. The number of fused-ring (bicyclic) bond motifs is 2. The molecule has 2 aromatic heterocycles. The third-order valence-corrected chi connectivity index (χ3v) is 8.10. The number of hydrogen-bond donors (Lipinski definition) is 0. The summed E-state index contributed by atoms with van der Waals surface area (Å²) in [6, 6.07) is 30.1. The van der Waals surface area contributed by atoms with Crippen molar-refractivity contribution >= 4 is 47.9 Å². The van der Waals surface area contributed by atoms with Crippen LogP contribution < -0.4 is 0 Å². The molecule has 0 bridgehead atoms. The minimum atomic E-state index is -3.74. The Bertz CT molecular complexity index is 1790. The lowest BCUT2D eigenvalue weighted by Gasteiger charge is -2.08. The van der Waals surface area contributed by atoms with Gasteiger partial charge in [0.15, 0.2) is 0 Å². The SMILES string of the molecule is O=S(=O)(c1ccccc1)n1cc(-c2cccc(-n3cnc4cc(Br)ccc43)c2)c2ccccc21. The van der Waals surface area contributed by atoms with Crippen LogP contribution in [0.15, 0.2) is 119 Å². The molecule has 5 nitrogen and oxygen atoms in total. The Hall–Kier alpha value is -3.68. The molecule has 0 spiro atoms.